The maximum atomic E-state index is 12.6. The molecule has 3 rings (SSSR count). The van der Waals surface area contributed by atoms with E-state index in [0.717, 1.165) is 47.3 Å². The lowest BCUT2D eigenvalue weighted by atomic mass is 10.1. The van der Waals surface area contributed by atoms with Crippen LogP contribution in [0.4, 0.5) is 5.69 Å². The van der Waals surface area contributed by atoms with Crippen molar-refractivity contribution in [3.63, 3.8) is 0 Å². The predicted molar refractivity (Wildman–Crippen MR) is 154 cm³/mol. The number of hydrogen-bond donors (Lipinski definition) is 2. The number of rotatable bonds is 13. The number of ether oxygens (including phenoxy) is 2. The van der Waals surface area contributed by atoms with Gasteiger partial charge in [0.05, 0.1) is 17.7 Å². The molecule has 0 radical (unpaired) electrons. The molecule has 36 heavy (non-hydrogen) atoms. The standard InChI is InChI=1S/C29H33BrN2O3S/c1-2-3-4-8-19-35-27-18-13-23(21-26(27)30)28(33)32-29(36)31-24-14-16-25(17-15-24)34-20-9-12-22-10-6-5-7-11-22/h5-7,10-11,13-18,21H,2-4,8-9,12,19-20H2,1H3,(H2,31,32,33,36). The fraction of sp³-hybridized carbons (Fsp3) is 0.310. The summed E-state index contributed by atoms with van der Waals surface area (Å²) in [4.78, 5) is 12.6. The number of halogens is 1. The lowest BCUT2D eigenvalue weighted by molar-refractivity contribution is 0.0977. The quantitative estimate of drug-likeness (QED) is 0.165. The number of benzene rings is 3. The topological polar surface area (TPSA) is 59.6 Å². The van der Waals surface area contributed by atoms with Gasteiger partial charge in [0.1, 0.15) is 11.5 Å². The summed E-state index contributed by atoms with van der Waals surface area (Å²) in [5.41, 5.74) is 2.57. The predicted octanol–water partition coefficient (Wildman–Crippen LogP) is 7.55. The molecule has 0 bridgehead atoms. The van der Waals surface area contributed by atoms with E-state index in [1.807, 2.05) is 30.3 Å². The Labute approximate surface area is 227 Å². The molecule has 190 valence electrons. The van der Waals surface area contributed by atoms with Crippen molar-refractivity contribution in [2.75, 3.05) is 18.5 Å². The summed E-state index contributed by atoms with van der Waals surface area (Å²) in [6.45, 7) is 3.49. The molecular weight excluding hydrogens is 536 g/mol. The van der Waals surface area contributed by atoms with E-state index in [9.17, 15) is 4.79 Å². The Morgan fingerprint density at radius 3 is 2.36 bits per heavy atom. The van der Waals surface area contributed by atoms with Gasteiger partial charge < -0.3 is 14.8 Å². The van der Waals surface area contributed by atoms with Crippen LogP contribution in [0.15, 0.2) is 77.3 Å². The first-order valence-electron chi connectivity index (χ1n) is 12.4. The molecule has 5 nitrogen and oxygen atoms in total. The minimum Gasteiger partial charge on any atom is -0.494 e. The number of amides is 1. The molecule has 0 aliphatic rings. The summed E-state index contributed by atoms with van der Waals surface area (Å²) >= 11 is 8.81. The molecule has 0 saturated heterocycles. The normalized spacial score (nSPS) is 10.5. The first-order chi connectivity index (χ1) is 17.5. The second-order valence-electron chi connectivity index (χ2n) is 8.42. The number of anilines is 1. The van der Waals surface area contributed by atoms with Gasteiger partial charge in [0.15, 0.2) is 5.11 Å². The number of carbonyl (C=O) groups excluding carboxylic acids is 1. The third-order valence-electron chi connectivity index (χ3n) is 5.51. The van der Waals surface area contributed by atoms with Gasteiger partial charge in [-0.3, -0.25) is 10.1 Å². The summed E-state index contributed by atoms with van der Waals surface area (Å²) in [5.74, 6) is 1.23. The molecule has 0 heterocycles. The van der Waals surface area contributed by atoms with E-state index < -0.39 is 0 Å². The highest BCUT2D eigenvalue weighted by Crippen LogP contribution is 2.26. The highest BCUT2D eigenvalue weighted by molar-refractivity contribution is 9.10. The van der Waals surface area contributed by atoms with E-state index in [1.54, 1.807) is 18.2 Å². The molecule has 7 heteroatoms. The first kappa shape index (κ1) is 27.7. The van der Waals surface area contributed by atoms with Gasteiger partial charge in [-0.15, -0.1) is 0 Å². The Morgan fingerprint density at radius 2 is 1.64 bits per heavy atom. The zero-order valence-electron chi connectivity index (χ0n) is 20.6. The molecule has 0 spiro atoms. The fourth-order valence-corrected chi connectivity index (χ4v) is 4.26. The third-order valence-corrected chi connectivity index (χ3v) is 6.33. The first-order valence-corrected chi connectivity index (χ1v) is 13.6. The van der Waals surface area contributed by atoms with Crippen LogP contribution < -0.4 is 20.1 Å². The van der Waals surface area contributed by atoms with Crippen molar-refractivity contribution in [3.8, 4) is 11.5 Å². The van der Waals surface area contributed by atoms with Gasteiger partial charge in [0.2, 0.25) is 0 Å². The molecule has 0 atom stereocenters. The maximum Gasteiger partial charge on any atom is 0.257 e. The number of aryl methyl sites for hydroxylation is 1. The Morgan fingerprint density at radius 1 is 0.889 bits per heavy atom. The molecule has 0 aliphatic heterocycles. The van der Waals surface area contributed by atoms with Crippen molar-refractivity contribution in [2.24, 2.45) is 0 Å². The molecule has 0 fully saturated rings. The summed E-state index contributed by atoms with van der Waals surface area (Å²) < 4.78 is 12.4. The van der Waals surface area contributed by atoms with Gasteiger partial charge in [-0.05, 0) is 95.4 Å². The van der Waals surface area contributed by atoms with Gasteiger partial charge in [0, 0.05) is 11.3 Å². The molecule has 2 N–H and O–H groups in total. The van der Waals surface area contributed by atoms with E-state index in [0.29, 0.717) is 18.8 Å². The van der Waals surface area contributed by atoms with Crippen LogP contribution in [-0.2, 0) is 6.42 Å². The maximum absolute atomic E-state index is 12.6. The molecule has 3 aromatic carbocycles. The third kappa shape index (κ3) is 9.63. The largest absolute Gasteiger partial charge is 0.494 e. The zero-order valence-corrected chi connectivity index (χ0v) is 23.0. The van der Waals surface area contributed by atoms with Gasteiger partial charge in [-0.1, -0.05) is 56.5 Å². The SMILES string of the molecule is CCCCCCOc1ccc(C(=O)NC(=S)Nc2ccc(OCCCc3ccccc3)cc2)cc1Br. The number of hydrogen-bond acceptors (Lipinski definition) is 4. The molecule has 1 amide bonds. The lowest BCUT2D eigenvalue weighted by Crippen LogP contribution is -2.34. The van der Waals surface area contributed by atoms with Crippen LogP contribution in [0.25, 0.3) is 0 Å². The number of thiocarbonyl (C=S) groups is 1. The summed E-state index contributed by atoms with van der Waals surface area (Å²) in [5, 5.41) is 5.98. The second kappa shape index (κ2) is 15.3. The fourth-order valence-electron chi connectivity index (χ4n) is 3.55. The molecule has 0 saturated carbocycles. The highest BCUT2D eigenvalue weighted by atomic mass is 79.9. The van der Waals surface area contributed by atoms with Crippen LogP contribution in [0.5, 0.6) is 11.5 Å². The van der Waals surface area contributed by atoms with Crippen molar-refractivity contribution < 1.29 is 14.3 Å². The Kier molecular flexibility index (Phi) is 11.7. The minimum absolute atomic E-state index is 0.226. The smallest absolute Gasteiger partial charge is 0.257 e. The van der Waals surface area contributed by atoms with Crippen LogP contribution >= 0.6 is 28.1 Å². The van der Waals surface area contributed by atoms with Crippen molar-refractivity contribution in [1.82, 2.24) is 5.32 Å². The second-order valence-corrected chi connectivity index (χ2v) is 9.69. The Bertz CT molecular complexity index is 1110. The zero-order chi connectivity index (χ0) is 25.6. The molecule has 0 aliphatic carbocycles. The van der Waals surface area contributed by atoms with Crippen molar-refractivity contribution >= 4 is 44.9 Å². The monoisotopic (exact) mass is 568 g/mol. The lowest BCUT2D eigenvalue weighted by Gasteiger charge is -2.12. The van der Waals surface area contributed by atoms with E-state index in [2.05, 4.69) is 57.8 Å². The minimum atomic E-state index is -0.291. The number of nitrogens with one attached hydrogen (secondary N) is 2. The molecule has 0 unspecified atom stereocenters. The Hall–Kier alpha value is -2.90. The molecule has 3 aromatic rings. The summed E-state index contributed by atoms with van der Waals surface area (Å²) in [6.07, 6.45) is 6.51. The van der Waals surface area contributed by atoms with Crippen LogP contribution in [0.2, 0.25) is 0 Å². The van der Waals surface area contributed by atoms with Crippen LogP contribution in [0, 0.1) is 0 Å². The van der Waals surface area contributed by atoms with Crippen LogP contribution in [0.3, 0.4) is 0 Å². The van der Waals surface area contributed by atoms with Gasteiger partial charge >= 0.3 is 0 Å². The van der Waals surface area contributed by atoms with Crippen molar-refractivity contribution in [2.45, 2.75) is 45.4 Å². The van der Waals surface area contributed by atoms with Gasteiger partial charge in [-0.25, -0.2) is 0 Å². The van der Waals surface area contributed by atoms with Crippen LogP contribution in [0.1, 0.15) is 54.9 Å². The average molecular weight is 570 g/mol. The van der Waals surface area contributed by atoms with E-state index >= 15 is 0 Å². The molecular formula is C29H33BrN2O3S. The summed E-state index contributed by atoms with van der Waals surface area (Å²) in [7, 11) is 0. The van der Waals surface area contributed by atoms with Gasteiger partial charge in [-0.2, -0.15) is 0 Å². The van der Waals surface area contributed by atoms with E-state index in [1.165, 1.54) is 18.4 Å². The van der Waals surface area contributed by atoms with Crippen molar-refractivity contribution in [1.29, 1.82) is 0 Å². The highest BCUT2D eigenvalue weighted by Gasteiger charge is 2.11. The Balaban J connectivity index is 1.40. The van der Waals surface area contributed by atoms with E-state index in [-0.39, 0.29) is 11.0 Å². The average Bonchev–Trinajstić information content (AvgIpc) is 2.88. The number of unbranched alkanes of at least 4 members (excludes halogenated alkanes) is 3. The van der Waals surface area contributed by atoms with Crippen LogP contribution in [-0.4, -0.2) is 24.2 Å². The summed E-state index contributed by atoms with van der Waals surface area (Å²) in [6, 6.07) is 23.1. The van der Waals surface area contributed by atoms with E-state index in [4.69, 9.17) is 21.7 Å². The van der Waals surface area contributed by atoms with Crippen molar-refractivity contribution in [3.05, 3.63) is 88.4 Å². The van der Waals surface area contributed by atoms with Gasteiger partial charge in [0.25, 0.3) is 5.91 Å². The number of carbonyl (C=O) groups is 1. The molecule has 0 aromatic heterocycles.